The minimum Gasteiger partial charge on any atom is -0.462 e. The molecule has 78 heavy (non-hydrogen) atoms. The first-order chi connectivity index (χ1) is 38.2. The molecule has 0 saturated carbocycles. The first-order valence-corrected chi connectivity index (χ1v) is 33.0. The molecular weight excluding hydrogens is 1000 g/mol. The number of carbonyl (C=O) groups is 3. The quantitative estimate of drug-likeness (QED) is 0.0197. The highest BCUT2D eigenvalue weighted by Crippen LogP contribution is 2.43. The Morgan fingerprint density at radius 3 is 1.08 bits per heavy atom. The second-order valence-corrected chi connectivity index (χ2v) is 22.3. The van der Waals surface area contributed by atoms with E-state index in [1.807, 2.05) is 0 Å². The third-order valence-corrected chi connectivity index (χ3v) is 14.3. The van der Waals surface area contributed by atoms with Crippen molar-refractivity contribution < 1.29 is 52.2 Å². The molecule has 0 aliphatic heterocycles. The van der Waals surface area contributed by atoms with E-state index < -0.39 is 57.8 Å². The molecule has 3 unspecified atom stereocenters. The number of aliphatic hydroxyl groups is 1. The number of esters is 3. The summed E-state index contributed by atoms with van der Waals surface area (Å²) in [7, 11) is -4.77. The molecule has 0 saturated heterocycles. The summed E-state index contributed by atoms with van der Waals surface area (Å²) in [5, 5.41) is 9.83. The van der Waals surface area contributed by atoms with Gasteiger partial charge in [0.15, 0.2) is 6.10 Å². The van der Waals surface area contributed by atoms with E-state index in [2.05, 4.69) is 106 Å². The Morgan fingerprint density at radius 1 is 0.372 bits per heavy atom. The zero-order valence-corrected chi connectivity index (χ0v) is 50.8. The van der Waals surface area contributed by atoms with Crippen LogP contribution in [0.4, 0.5) is 0 Å². The average Bonchev–Trinajstić information content (AvgIpc) is 3.43. The summed E-state index contributed by atoms with van der Waals surface area (Å²) in [6, 6.07) is 0. The van der Waals surface area contributed by atoms with Crippen molar-refractivity contribution in [3.8, 4) is 0 Å². The van der Waals surface area contributed by atoms with Gasteiger partial charge < -0.3 is 24.2 Å². The molecule has 0 bridgehead atoms. The molecule has 0 radical (unpaired) electrons. The molecule has 0 aromatic heterocycles. The predicted molar refractivity (Wildman–Crippen MR) is 325 cm³/mol. The Labute approximate surface area is 477 Å². The number of carbonyl (C=O) groups excluding carboxylic acids is 3. The van der Waals surface area contributed by atoms with Gasteiger partial charge in [-0.25, -0.2) is 4.57 Å². The standard InChI is InChI=1S/C66H115O11P/c1-4-7-10-13-16-19-22-25-28-30-31-33-35-37-40-43-46-49-52-55-64(68)73-59-63(77-66(70)57-54-51-48-45-42-39-36-32-29-26-23-20-17-14-11-8-5-2)61-75-78(71,72)74-60-62(58-67)76-65(69)56-53-50-47-44-41-38-34-27-24-21-18-15-12-9-6-3/h9,12,16,18-19,21,25,27-28,31,33-34,41,44,62-63,67H,4-8,10-11,13-15,17,20,22-24,26,29-30,32,35-40,42-43,45-61H2,1-3H3,(H,71,72)/b12-9-,19-16-,21-18-,28-25-,33-31-,34-27-,44-41-. The van der Waals surface area contributed by atoms with Gasteiger partial charge in [0.2, 0.25) is 0 Å². The van der Waals surface area contributed by atoms with Crippen molar-refractivity contribution in [2.75, 3.05) is 26.4 Å². The van der Waals surface area contributed by atoms with Crippen molar-refractivity contribution in [1.29, 1.82) is 0 Å². The lowest BCUT2D eigenvalue weighted by Gasteiger charge is -2.21. The normalized spacial score (nSPS) is 13.9. The van der Waals surface area contributed by atoms with Crippen molar-refractivity contribution in [2.24, 2.45) is 0 Å². The topological polar surface area (TPSA) is 155 Å². The van der Waals surface area contributed by atoms with E-state index in [9.17, 15) is 28.9 Å². The first kappa shape index (κ1) is 74.7. The van der Waals surface area contributed by atoms with E-state index in [1.54, 1.807) is 0 Å². The second-order valence-electron chi connectivity index (χ2n) is 20.8. The number of allylic oxidation sites excluding steroid dienone is 14. The van der Waals surface area contributed by atoms with Crippen LogP contribution in [0.3, 0.4) is 0 Å². The van der Waals surface area contributed by atoms with Crippen molar-refractivity contribution in [3.05, 3.63) is 85.1 Å². The van der Waals surface area contributed by atoms with Gasteiger partial charge in [0, 0.05) is 19.3 Å². The van der Waals surface area contributed by atoms with E-state index in [0.717, 1.165) is 109 Å². The van der Waals surface area contributed by atoms with Crippen LogP contribution in [0, 0.1) is 0 Å². The average molecular weight is 1120 g/mol. The molecule has 0 fully saturated rings. The van der Waals surface area contributed by atoms with Crippen LogP contribution >= 0.6 is 7.82 Å². The molecule has 0 heterocycles. The molecule has 2 N–H and O–H groups in total. The van der Waals surface area contributed by atoms with Crippen molar-refractivity contribution >= 4 is 25.7 Å². The number of phosphoric acid groups is 1. The minimum absolute atomic E-state index is 0.122. The van der Waals surface area contributed by atoms with Crippen LogP contribution in [0.5, 0.6) is 0 Å². The Bertz CT molecular complexity index is 1630. The van der Waals surface area contributed by atoms with E-state index in [0.29, 0.717) is 19.3 Å². The lowest BCUT2D eigenvalue weighted by molar-refractivity contribution is -0.161. The largest absolute Gasteiger partial charge is 0.472 e. The summed E-state index contributed by atoms with van der Waals surface area (Å²) < 4.78 is 39.6. The monoisotopic (exact) mass is 1110 g/mol. The number of unbranched alkanes of at least 4 members (excludes halogenated alkanes) is 27. The highest BCUT2D eigenvalue weighted by molar-refractivity contribution is 7.47. The number of aliphatic hydroxyl groups excluding tert-OH is 1. The zero-order valence-electron chi connectivity index (χ0n) is 49.9. The maximum atomic E-state index is 12.9. The number of hydrogen-bond donors (Lipinski definition) is 2. The molecule has 0 amide bonds. The van der Waals surface area contributed by atoms with Gasteiger partial charge in [0.05, 0.1) is 19.8 Å². The van der Waals surface area contributed by atoms with Crippen LogP contribution in [0.2, 0.25) is 0 Å². The maximum Gasteiger partial charge on any atom is 0.472 e. The van der Waals surface area contributed by atoms with Crippen LogP contribution in [-0.4, -0.2) is 66.5 Å². The predicted octanol–water partition coefficient (Wildman–Crippen LogP) is 19.0. The van der Waals surface area contributed by atoms with E-state index in [4.69, 9.17) is 23.3 Å². The summed E-state index contributed by atoms with van der Waals surface area (Å²) in [6.45, 7) is 4.48. The van der Waals surface area contributed by atoms with Gasteiger partial charge in [-0.3, -0.25) is 23.4 Å². The molecule has 3 atom stereocenters. The third kappa shape index (κ3) is 57.3. The molecular formula is C66H115O11P. The van der Waals surface area contributed by atoms with Gasteiger partial charge in [-0.05, 0) is 96.3 Å². The molecule has 0 aliphatic carbocycles. The first-order valence-electron chi connectivity index (χ1n) is 31.5. The third-order valence-electron chi connectivity index (χ3n) is 13.3. The Hall–Kier alpha value is -3.34. The highest BCUT2D eigenvalue weighted by atomic mass is 31.2. The number of hydrogen-bond acceptors (Lipinski definition) is 10. The van der Waals surface area contributed by atoms with Gasteiger partial charge in [-0.1, -0.05) is 247 Å². The van der Waals surface area contributed by atoms with Crippen LogP contribution in [-0.2, 0) is 42.2 Å². The van der Waals surface area contributed by atoms with Crippen molar-refractivity contribution in [1.82, 2.24) is 0 Å². The minimum atomic E-state index is -4.77. The molecule has 0 aromatic rings. The summed E-state index contributed by atoms with van der Waals surface area (Å²) >= 11 is 0. The molecule has 450 valence electrons. The van der Waals surface area contributed by atoms with Crippen LogP contribution in [0.25, 0.3) is 0 Å². The SMILES string of the molecule is CC/C=C\C/C=C\C/C=C\C/C=C\CCCCC(=O)OC(CO)COP(=O)(O)OCC(COC(=O)CCCCCCCC/C=C\C/C=C\C/C=C\CCCCC)OC(=O)CCCCCCCCCCCCCCCCCCC. The van der Waals surface area contributed by atoms with Gasteiger partial charge in [-0.2, -0.15) is 0 Å². The Morgan fingerprint density at radius 2 is 0.667 bits per heavy atom. The number of phosphoric ester groups is 1. The smallest absolute Gasteiger partial charge is 0.462 e. The Balaban J connectivity index is 4.76. The summed E-state index contributed by atoms with van der Waals surface area (Å²) in [5.41, 5.74) is 0. The maximum absolute atomic E-state index is 12.9. The molecule has 0 aliphatic rings. The van der Waals surface area contributed by atoms with Crippen LogP contribution in [0.15, 0.2) is 85.1 Å². The van der Waals surface area contributed by atoms with Gasteiger partial charge >= 0.3 is 25.7 Å². The van der Waals surface area contributed by atoms with Gasteiger partial charge in [0.1, 0.15) is 12.7 Å². The molecule has 11 nitrogen and oxygen atoms in total. The number of ether oxygens (including phenoxy) is 3. The summed E-state index contributed by atoms with van der Waals surface area (Å²) in [4.78, 5) is 48.7. The fourth-order valence-corrected chi connectivity index (χ4v) is 9.32. The fourth-order valence-electron chi connectivity index (χ4n) is 8.53. The zero-order chi connectivity index (χ0) is 56.9. The van der Waals surface area contributed by atoms with Crippen molar-refractivity contribution in [3.63, 3.8) is 0 Å². The van der Waals surface area contributed by atoms with Crippen LogP contribution < -0.4 is 0 Å². The molecule has 0 rings (SSSR count). The highest BCUT2D eigenvalue weighted by Gasteiger charge is 2.28. The molecule has 12 heteroatoms. The number of rotatable bonds is 58. The summed E-state index contributed by atoms with van der Waals surface area (Å²) in [5.74, 6) is -1.51. The lowest BCUT2D eigenvalue weighted by atomic mass is 10.0. The molecule has 0 spiro atoms. The van der Waals surface area contributed by atoms with E-state index >= 15 is 0 Å². The van der Waals surface area contributed by atoms with Crippen molar-refractivity contribution in [2.45, 2.75) is 290 Å². The second kappa shape index (κ2) is 59.8. The van der Waals surface area contributed by atoms with Gasteiger partial charge in [0.25, 0.3) is 0 Å². The Kier molecular flexibility index (Phi) is 57.2. The van der Waals surface area contributed by atoms with Crippen LogP contribution in [0.1, 0.15) is 278 Å². The van der Waals surface area contributed by atoms with Gasteiger partial charge in [-0.15, -0.1) is 0 Å². The van der Waals surface area contributed by atoms with E-state index in [1.165, 1.54) is 109 Å². The lowest BCUT2D eigenvalue weighted by Crippen LogP contribution is -2.30. The summed E-state index contributed by atoms with van der Waals surface area (Å²) in [6.07, 6.45) is 69.6. The molecule has 0 aromatic carbocycles. The van der Waals surface area contributed by atoms with E-state index in [-0.39, 0.29) is 25.9 Å². The fraction of sp³-hybridized carbons (Fsp3) is 0.742.